The highest BCUT2D eigenvalue weighted by Gasteiger charge is 2.31. The molecule has 0 radical (unpaired) electrons. The minimum absolute atomic E-state index is 0.0286. The van der Waals surface area contributed by atoms with Gasteiger partial charge < -0.3 is 4.84 Å². The van der Waals surface area contributed by atoms with Gasteiger partial charge >= 0.3 is 5.97 Å². The summed E-state index contributed by atoms with van der Waals surface area (Å²) in [7, 11) is 0. The van der Waals surface area contributed by atoms with Crippen LogP contribution in [0.2, 0.25) is 0 Å². The Balaban J connectivity index is 1.44. The van der Waals surface area contributed by atoms with E-state index in [0.29, 0.717) is 18.5 Å². The van der Waals surface area contributed by atoms with Gasteiger partial charge in [-0.25, -0.2) is 0 Å². The molecule has 2 aliphatic rings. The molecule has 0 N–H and O–H groups in total. The molecule has 2 rings (SSSR count). The van der Waals surface area contributed by atoms with Gasteiger partial charge in [0.2, 0.25) is 0 Å². The van der Waals surface area contributed by atoms with Crippen molar-refractivity contribution in [2.75, 3.05) is 0 Å². The molecular weight excluding hydrogens is 406 g/mol. The van der Waals surface area contributed by atoms with Crippen LogP contribution in [0.3, 0.4) is 0 Å². The number of unbranched alkanes of at least 4 members (excludes halogenated alkanes) is 14. The lowest BCUT2D eigenvalue weighted by Gasteiger charge is -2.39. The summed E-state index contributed by atoms with van der Waals surface area (Å²) < 4.78 is 0. The van der Waals surface area contributed by atoms with Gasteiger partial charge in [0.05, 0.1) is 0 Å². The van der Waals surface area contributed by atoms with Gasteiger partial charge in [-0.15, -0.1) is 5.06 Å². The first-order valence-corrected chi connectivity index (χ1v) is 15.3. The van der Waals surface area contributed by atoms with Crippen LogP contribution in [0.4, 0.5) is 0 Å². The normalized spacial score (nSPS) is 18.1. The zero-order valence-electron chi connectivity index (χ0n) is 22.3. The maximum Gasteiger partial charge on any atom is 0.325 e. The molecule has 0 aromatic heterocycles. The van der Waals surface area contributed by atoms with E-state index in [1.165, 1.54) is 154 Å². The van der Waals surface area contributed by atoms with Crippen LogP contribution >= 0.6 is 0 Å². The number of carbonyl (C=O) groups is 1. The van der Waals surface area contributed by atoms with Gasteiger partial charge in [0.1, 0.15) is 0 Å². The van der Waals surface area contributed by atoms with Gasteiger partial charge in [-0.3, -0.25) is 4.79 Å². The molecule has 3 nitrogen and oxygen atoms in total. The van der Waals surface area contributed by atoms with Crippen molar-refractivity contribution in [3.05, 3.63) is 0 Å². The number of hydrogen-bond donors (Lipinski definition) is 0. The lowest BCUT2D eigenvalue weighted by atomic mass is 9.90. The molecule has 0 bridgehead atoms. The van der Waals surface area contributed by atoms with E-state index in [9.17, 15) is 4.79 Å². The maximum atomic E-state index is 12.6. The average molecular weight is 464 g/mol. The predicted octanol–water partition coefficient (Wildman–Crippen LogP) is 9.67. The fraction of sp³-hybridized carbons (Fsp3) is 0.967. The second-order valence-corrected chi connectivity index (χ2v) is 11.1. The van der Waals surface area contributed by atoms with Gasteiger partial charge in [0, 0.05) is 18.5 Å². The zero-order chi connectivity index (χ0) is 23.4. The third-order valence-corrected chi connectivity index (χ3v) is 8.06. The average Bonchev–Trinajstić information content (AvgIpc) is 2.86. The summed E-state index contributed by atoms with van der Waals surface area (Å²) in [6.07, 6.45) is 33.7. The van der Waals surface area contributed by atoms with E-state index in [4.69, 9.17) is 4.84 Å². The van der Waals surface area contributed by atoms with Gasteiger partial charge in [0.25, 0.3) is 0 Å². The molecule has 0 spiro atoms. The summed E-state index contributed by atoms with van der Waals surface area (Å²) in [5.74, 6) is 0.0286. The Morgan fingerprint density at radius 1 is 0.576 bits per heavy atom. The summed E-state index contributed by atoms with van der Waals surface area (Å²) in [5, 5.41) is 2.19. The van der Waals surface area contributed by atoms with E-state index in [1.54, 1.807) is 0 Å². The van der Waals surface area contributed by atoms with E-state index >= 15 is 0 Å². The second-order valence-electron chi connectivity index (χ2n) is 11.1. The Morgan fingerprint density at radius 3 is 1.33 bits per heavy atom. The Hall–Kier alpha value is -0.570. The molecule has 0 atom stereocenters. The van der Waals surface area contributed by atoms with Crippen LogP contribution < -0.4 is 0 Å². The largest absolute Gasteiger partial charge is 0.367 e. The molecule has 0 amide bonds. The van der Waals surface area contributed by atoms with E-state index in [0.717, 1.165) is 6.42 Å². The first-order chi connectivity index (χ1) is 16.3. The highest BCUT2D eigenvalue weighted by molar-refractivity contribution is 5.69. The molecule has 0 aliphatic heterocycles. The summed E-state index contributed by atoms with van der Waals surface area (Å²) in [4.78, 5) is 18.7. The van der Waals surface area contributed by atoms with Gasteiger partial charge in [-0.2, -0.15) is 0 Å². The molecule has 0 saturated heterocycles. The van der Waals surface area contributed by atoms with E-state index in [-0.39, 0.29) is 5.97 Å². The van der Waals surface area contributed by atoms with Gasteiger partial charge in [-0.05, 0) is 32.1 Å². The van der Waals surface area contributed by atoms with E-state index in [2.05, 4.69) is 12.0 Å². The molecule has 0 unspecified atom stereocenters. The topological polar surface area (TPSA) is 29.5 Å². The monoisotopic (exact) mass is 463 g/mol. The van der Waals surface area contributed by atoms with Crippen molar-refractivity contribution >= 4 is 5.97 Å². The first kappa shape index (κ1) is 28.7. The zero-order valence-corrected chi connectivity index (χ0v) is 22.3. The van der Waals surface area contributed by atoms with Crippen LogP contribution in [0.5, 0.6) is 0 Å². The van der Waals surface area contributed by atoms with Crippen molar-refractivity contribution in [3.8, 4) is 0 Å². The Labute approximate surface area is 206 Å². The number of carbonyl (C=O) groups excluding carboxylic acids is 1. The smallest absolute Gasteiger partial charge is 0.325 e. The number of hydrogen-bond acceptors (Lipinski definition) is 3. The third kappa shape index (κ3) is 13.8. The number of rotatable bonds is 19. The van der Waals surface area contributed by atoms with Gasteiger partial charge in [0.15, 0.2) is 0 Å². The second kappa shape index (κ2) is 19.7. The van der Waals surface area contributed by atoms with Crippen molar-refractivity contribution in [1.29, 1.82) is 0 Å². The quantitative estimate of drug-likeness (QED) is 0.141. The van der Waals surface area contributed by atoms with Crippen LogP contribution in [0.15, 0.2) is 0 Å². The molecule has 194 valence electrons. The van der Waals surface area contributed by atoms with E-state index < -0.39 is 0 Å². The number of hydroxylamine groups is 2. The fourth-order valence-electron chi connectivity index (χ4n) is 5.92. The molecule has 3 heteroatoms. The van der Waals surface area contributed by atoms with Crippen molar-refractivity contribution in [2.24, 2.45) is 0 Å². The fourth-order valence-corrected chi connectivity index (χ4v) is 5.92. The Kier molecular flexibility index (Phi) is 17.1. The predicted molar refractivity (Wildman–Crippen MR) is 141 cm³/mol. The van der Waals surface area contributed by atoms with Gasteiger partial charge in [-0.1, -0.05) is 135 Å². The highest BCUT2D eigenvalue weighted by Crippen LogP contribution is 2.30. The molecule has 0 heterocycles. The molecule has 2 saturated carbocycles. The molecule has 0 aromatic rings. The number of nitrogens with zero attached hydrogens (tertiary/aromatic N) is 1. The standard InChI is InChI=1S/C30H57NO2/c1-2-3-4-5-6-7-8-9-10-11-12-13-14-15-22-27-30(32)33-31(28-23-18-16-19-24-28)29-25-20-17-21-26-29/h28-29H,2-27H2,1H3. The lowest BCUT2D eigenvalue weighted by molar-refractivity contribution is -0.223. The molecule has 2 aliphatic carbocycles. The van der Waals surface area contributed by atoms with Crippen LogP contribution in [-0.2, 0) is 9.63 Å². The summed E-state index contributed by atoms with van der Waals surface area (Å²) >= 11 is 0. The maximum absolute atomic E-state index is 12.6. The minimum Gasteiger partial charge on any atom is -0.367 e. The molecule has 33 heavy (non-hydrogen) atoms. The highest BCUT2D eigenvalue weighted by atomic mass is 16.7. The summed E-state index contributed by atoms with van der Waals surface area (Å²) in [6, 6.07) is 0.957. The van der Waals surface area contributed by atoms with Crippen molar-refractivity contribution in [1.82, 2.24) is 5.06 Å². The van der Waals surface area contributed by atoms with Crippen LogP contribution in [-0.4, -0.2) is 23.1 Å². The molecular formula is C30H57NO2. The summed E-state index contributed by atoms with van der Waals surface area (Å²) in [5.41, 5.74) is 0. The van der Waals surface area contributed by atoms with Crippen molar-refractivity contribution in [2.45, 2.75) is 186 Å². The SMILES string of the molecule is CCCCCCCCCCCCCCCCCC(=O)ON(C1CCCCC1)C1CCCCC1. The molecule has 0 aromatic carbocycles. The van der Waals surface area contributed by atoms with Crippen LogP contribution in [0.1, 0.15) is 174 Å². The van der Waals surface area contributed by atoms with Crippen molar-refractivity contribution in [3.63, 3.8) is 0 Å². The third-order valence-electron chi connectivity index (χ3n) is 8.06. The van der Waals surface area contributed by atoms with Crippen molar-refractivity contribution < 1.29 is 9.63 Å². The van der Waals surface area contributed by atoms with Crippen LogP contribution in [0, 0.1) is 0 Å². The first-order valence-electron chi connectivity index (χ1n) is 15.3. The Bertz CT molecular complexity index is 436. The summed E-state index contributed by atoms with van der Waals surface area (Å²) in [6.45, 7) is 2.29. The van der Waals surface area contributed by atoms with E-state index in [1.807, 2.05) is 0 Å². The Morgan fingerprint density at radius 2 is 0.939 bits per heavy atom. The van der Waals surface area contributed by atoms with Crippen LogP contribution in [0.25, 0.3) is 0 Å². The lowest BCUT2D eigenvalue weighted by Crippen LogP contribution is -2.46. The molecule has 2 fully saturated rings. The minimum atomic E-state index is 0.0286.